The molecule has 0 saturated heterocycles. The SMILES string of the molecule is CN[C@H]1COc2c(I)cnn2C1. The van der Waals surface area contributed by atoms with E-state index in [1.54, 1.807) is 0 Å². The molecule has 0 radical (unpaired) electrons. The van der Waals surface area contributed by atoms with Crippen LogP contribution >= 0.6 is 22.6 Å². The fourth-order valence-corrected chi connectivity index (χ4v) is 1.80. The van der Waals surface area contributed by atoms with Crippen molar-refractivity contribution in [3.63, 3.8) is 0 Å². The van der Waals surface area contributed by atoms with Crippen LogP contribution in [-0.4, -0.2) is 29.5 Å². The van der Waals surface area contributed by atoms with Crippen LogP contribution in [0.2, 0.25) is 0 Å². The molecule has 1 aromatic rings. The number of hydrogen-bond acceptors (Lipinski definition) is 3. The summed E-state index contributed by atoms with van der Waals surface area (Å²) in [6, 6.07) is 0.383. The van der Waals surface area contributed by atoms with E-state index in [1.807, 2.05) is 17.9 Å². The molecule has 1 N–H and O–H groups in total. The summed E-state index contributed by atoms with van der Waals surface area (Å²) in [5.41, 5.74) is 0. The molecule has 0 aliphatic carbocycles. The second kappa shape index (κ2) is 3.21. The zero-order valence-electron chi connectivity index (χ0n) is 6.75. The molecule has 1 aliphatic rings. The predicted molar refractivity (Wildman–Crippen MR) is 53.3 cm³/mol. The minimum Gasteiger partial charge on any atom is -0.475 e. The average Bonchev–Trinajstić information content (AvgIpc) is 2.47. The standard InChI is InChI=1S/C7H10IN3O/c1-9-5-3-11-7(12-4-5)6(8)2-10-11/h2,5,9H,3-4H2,1H3/t5-/m1/s1. The fourth-order valence-electron chi connectivity index (χ4n) is 1.24. The maximum absolute atomic E-state index is 5.53. The van der Waals surface area contributed by atoms with Crippen molar-refractivity contribution in [2.45, 2.75) is 12.6 Å². The summed E-state index contributed by atoms with van der Waals surface area (Å²) in [6.07, 6.45) is 1.83. The predicted octanol–water partition coefficient (Wildman–Crippen LogP) is 0.468. The Hall–Kier alpha value is -0.300. The van der Waals surface area contributed by atoms with Crippen molar-refractivity contribution >= 4 is 22.6 Å². The minimum atomic E-state index is 0.383. The normalized spacial score (nSPS) is 21.7. The van der Waals surface area contributed by atoms with Crippen molar-refractivity contribution in [3.05, 3.63) is 9.77 Å². The van der Waals surface area contributed by atoms with E-state index in [0.29, 0.717) is 6.04 Å². The molecular formula is C7H10IN3O. The van der Waals surface area contributed by atoms with Crippen molar-refractivity contribution in [3.8, 4) is 5.88 Å². The zero-order chi connectivity index (χ0) is 8.55. The van der Waals surface area contributed by atoms with Crippen LogP contribution in [0.15, 0.2) is 6.20 Å². The zero-order valence-corrected chi connectivity index (χ0v) is 8.91. The number of ether oxygens (including phenoxy) is 1. The third-order valence-electron chi connectivity index (χ3n) is 1.97. The summed E-state index contributed by atoms with van der Waals surface area (Å²) in [5, 5.41) is 7.36. The van der Waals surface area contributed by atoms with Crippen molar-refractivity contribution < 1.29 is 4.74 Å². The van der Waals surface area contributed by atoms with E-state index in [2.05, 4.69) is 33.0 Å². The lowest BCUT2D eigenvalue weighted by Crippen LogP contribution is -2.39. The van der Waals surface area contributed by atoms with Gasteiger partial charge in [0.25, 0.3) is 0 Å². The summed E-state index contributed by atoms with van der Waals surface area (Å²) >= 11 is 2.23. The number of aromatic nitrogens is 2. The lowest BCUT2D eigenvalue weighted by molar-refractivity contribution is 0.187. The largest absolute Gasteiger partial charge is 0.475 e. The first kappa shape index (κ1) is 8.31. The monoisotopic (exact) mass is 279 g/mol. The molecule has 0 saturated carbocycles. The second-order valence-electron chi connectivity index (χ2n) is 2.78. The van der Waals surface area contributed by atoms with Crippen LogP contribution in [0.4, 0.5) is 0 Å². The van der Waals surface area contributed by atoms with Crippen LogP contribution in [0.1, 0.15) is 0 Å². The Morgan fingerprint density at radius 3 is 3.42 bits per heavy atom. The van der Waals surface area contributed by atoms with Gasteiger partial charge in [-0.1, -0.05) is 0 Å². The molecule has 1 atom stereocenters. The maximum Gasteiger partial charge on any atom is 0.225 e. The van der Waals surface area contributed by atoms with Gasteiger partial charge in [0.15, 0.2) is 0 Å². The summed E-state index contributed by atoms with van der Waals surface area (Å²) in [4.78, 5) is 0. The molecule has 0 fully saturated rings. The summed E-state index contributed by atoms with van der Waals surface area (Å²) in [7, 11) is 1.94. The van der Waals surface area contributed by atoms with Gasteiger partial charge in [0.2, 0.25) is 5.88 Å². The molecule has 0 bridgehead atoms. The van der Waals surface area contributed by atoms with Gasteiger partial charge in [-0.2, -0.15) is 5.10 Å². The first-order valence-electron chi connectivity index (χ1n) is 3.82. The Kier molecular flexibility index (Phi) is 2.22. The van der Waals surface area contributed by atoms with Crippen LogP contribution in [-0.2, 0) is 6.54 Å². The first-order chi connectivity index (χ1) is 5.81. The average molecular weight is 279 g/mol. The second-order valence-corrected chi connectivity index (χ2v) is 3.94. The number of fused-ring (bicyclic) bond motifs is 1. The number of rotatable bonds is 1. The van der Waals surface area contributed by atoms with E-state index in [4.69, 9.17) is 4.74 Å². The molecule has 2 rings (SSSR count). The highest BCUT2D eigenvalue weighted by molar-refractivity contribution is 14.1. The van der Waals surface area contributed by atoms with Crippen molar-refractivity contribution in [1.82, 2.24) is 15.1 Å². The van der Waals surface area contributed by atoms with E-state index in [9.17, 15) is 0 Å². The maximum atomic E-state index is 5.53. The Bertz CT molecular complexity index is 286. The molecule has 1 aliphatic heterocycles. The first-order valence-corrected chi connectivity index (χ1v) is 4.90. The minimum absolute atomic E-state index is 0.383. The molecule has 0 aromatic carbocycles. The van der Waals surface area contributed by atoms with Crippen LogP contribution < -0.4 is 10.1 Å². The molecule has 5 heteroatoms. The number of likely N-dealkylation sites (N-methyl/N-ethyl adjacent to an activating group) is 1. The van der Waals surface area contributed by atoms with Crippen LogP contribution in [0.3, 0.4) is 0 Å². The van der Waals surface area contributed by atoms with Gasteiger partial charge >= 0.3 is 0 Å². The van der Waals surface area contributed by atoms with Crippen molar-refractivity contribution in [2.75, 3.05) is 13.7 Å². The third kappa shape index (κ3) is 1.31. The molecule has 66 valence electrons. The lowest BCUT2D eigenvalue weighted by Gasteiger charge is -2.23. The summed E-state index contributed by atoms with van der Waals surface area (Å²) < 4.78 is 8.51. The molecule has 2 heterocycles. The van der Waals surface area contributed by atoms with Gasteiger partial charge in [0.1, 0.15) is 6.61 Å². The van der Waals surface area contributed by atoms with Gasteiger partial charge in [0, 0.05) is 0 Å². The van der Waals surface area contributed by atoms with Crippen molar-refractivity contribution in [1.29, 1.82) is 0 Å². The van der Waals surface area contributed by atoms with Gasteiger partial charge < -0.3 is 10.1 Å². The van der Waals surface area contributed by atoms with E-state index in [-0.39, 0.29) is 0 Å². The van der Waals surface area contributed by atoms with Gasteiger partial charge in [-0.25, -0.2) is 4.68 Å². The number of nitrogens with one attached hydrogen (secondary N) is 1. The van der Waals surface area contributed by atoms with Gasteiger partial charge in [0.05, 0.1) is 22.4 Å². The quantitative estimate of drug-likeness (QED) is 0.759. The summed E-state index contributed by atoms with van der Waals surface area (Å²) in [5.74, 6) is 0.905. The fraction of sp³-hybridized carbons (Fsp3) is 0.571. The highest BCUT2D eigenvalue weighted by Crippen LogP contribution is 2.23. The number of nitrogens with zero attached hydrogens (tertiary/aromatic N) is 2. The topological polar surface area (TPSA) is 39.1 Å². The van der Waals surface area contributed by atoms with Gasteiger partial charge in [-0.05, 0) is 29.6 Å². The number of halogens is 1. The van der Waals surface area contributed by atoms with E-state index in [0.717, 1.165) is 22.6 Å². The highest BCUT2D eigenvalue weighted by Gasteiger charge is 2.20. The Balaban J connectivity index is 2.24. The lowest BCUT2D eigenvalue weighted by atomic mass is 10.3. The number of hydrogen-bond donors (Lipinski definition) is 1. The van der Waals surface area contributed by atoms with Crippen LogP contribution in [0.25, 0.3) is 0 Å². The molecule has 4 nitrogen and oxygen atoms in total. The third-order valence-corrected chi connectivity index (χ3v) is 2.71. The van der Waals surface area contributed by atoms with Crippen LogP contribution in [0, 0.1) is 3.57 Å². The molecule has 1 aromatic heterocycles. The molecular weight excluding hydrogens is 269 g/mol. The molecule has 0 spiro atoms. The molecule has 0 amide bonds. The molecule has 12 heavy (non-hydrogen) atoms. The summed E-state index contributed by atoms with van der Waals surface area (Å²) in [6.45, 7) is 1.63. The van der Waals surface area contributed by atoms with Crippen LogP contribution in [0.5, 0.6) is 5.88 Å². The Morgan fingerprint density at radius 2 is 2.67 bits per heavy atom. The molecule has 0 unspecified atom stereocenters. The van der Waals surface area contributed by atoms with E-state index < -0.39 is 0 Å². The Morgan fingerprint density at radius 1 is 1.83 bits per heavy atom. The van der Waals surface area contributed by atoms with Gasteiger partial charge in [-0.15, -0.1) is 0 Å². The smallest absolute Gasteiger partial charge is 0.225 e. The Labute approximate surface area is 84.4 Å². The van der Waals surface area contributed by atoms with E-state index in [1.165, 1.54) is 0 Å². The van der Waals surface area contributed by atoms with E-state index >= 15 is 0 Å². The van der Waals surface area contributed by atoms with Crippen molar-refractivity contribution in [2.24, 2.45) is 0 Å². The highest BCUT2D eigenvalue weighted by atomic mass is 127. The van der Waals surface area contributed by atoms with Gasteiger partial charge in [-0.3, -0.25) is 0 Å².